The molecule has 0 saturated carbocycles. The van der Waals surface area contributed by atoms with E-state index < -0.39 is 17.7 Å². The van der Waals surface area contributed by atoms with E-state index in [4.69, 9.17) is 11.6 Å². The minimum Gasteiger partial charge on any atom is -0.465 e. The van der Waals surface area contributed by atoms with Crippen molar-refractivity contribution >= 4 is 29.2 Å². The maximum atomic E-state index is 13.4. The highest BCUT2D eigenvalue weighted by molar-refractivity contribution is 6.30. The molecule has 2 aromatic rings. The Morgan fingerprint density at radius 2 is 1.90 bits per heavy atom. The third-order valence-electron chi connectivity index (χ3n) is 2.76. The van der Waals surface area contributed by atoms with Gasteiger partial charge in [0.1, 0.15) is 5.82 Å². The maximum absolute atomic E-state index is 13.4. The van der Waals surface area contributed by atoms with E-state index in [-0.39, 0.29) is 21.8 Å². The molecule has 21 heavy (non-hydrogen) atoms. The van der Waals surface area contributed by atoms with Crippen molar-refractivity contribution in [2.45, 2.75) is 0 Å². The van der Waals surface area contributed by atoms with Gasteiger partial charge in [0, 0.05) is 5.56 Å². The molecule has 2 aromatic carbocycles. The second-order valence-corrected chi connectivity index (χ2v) is 4.53. The average Bonchev–Trinajstić information content (AvgIpc) is 2.49. The predicted molar refractivity (Wildman–Crippen MR) is 77.1 cm³/mol. The molecule has 0 bridgehead atoms. The van der Waals surface area contributed by atoms with Crippen molar-refractivity contribution in [1.82, 2.24) is 0 Å². The summed E-state index contributed by atoms with van der Waals surface area (Å²) in [4.78, 5) is 23.7. The molecule has 1 N–H and O–H groups in total. The van der Waals surface area contributed by atoms with Crippen molar-refractivity contribution < 1.29 is 18.7 Å². The fraction of sp³-hybridized carbons (Fsp3) is 0.0667. The van der Waals surface area contributed by atoms with Crippen LogP contribution in [-0.4, -0.2) is 19.0 Å². The molecule has 6 heteroatoms. The summed E-state index contributed by atoms with van der Waals surface area (Å²) in [6.45, 7) is 0. The number of esters is 1. The van der Waals surface area contributed by atoms with Gasteiger partial charge in [0.25, 0.3) is 5.91 Å². The highest BCUT2D eigenvalue weighted by atomic mass is 35.5. The number of hydrogen-bond acceptors (Lipinski definition) is 3. The molecule has 0 atom stereocenters. The Bertz CT molecular complexity index is 703. The zero-order valence-electron chi connectivity index (χ0n) is 11.0. The van der Waals surface area contributed by atoms with Crippen molar-refractivity contribution in [3.05, 3.63) is 64.4 Å². The van der Waals surface area contributed by atoms with Gasteiger partial charge in [-0.2, -0.15) is 0 Å². The summed E-state index contributed by atoms with van der Waals surface area (Å²) in [6.07, 6.45) is 0. The first kappa shape index (κ1) is 15.0. The summed E-state index contributed by atoms with van der Waals surface area (Å²) >= 11 is 5.56. The first-order valence-electron chi connectivity index (χ1n) is 5.96. The minimum absolute atomic E-state index is 0.0680. The van der Waals surface area contributed by atoms with Crippen LogP contribution in [0.2, 0.25) is 5.02 Å². The van der Waals surface area contributed by atoms with Gasteiger partial charge >= 0.3 is 5.97 Å². The Morgan fingerprint density at radius 3 is 2.57 bits per heavy atom. The van der Waals surface area contributed by atoms with E-state index in [1.165, 1.54) is 25.3 Å². The lowest BCUT2D eigenvalue weighted by molar-refractivity contribution is 0.0602. The summed E-state index contributed by atoms with van der Waals surface area (Å²) < 4.78 is 18.0. The highest BCUT2D eigenvalue weighted by Crippen LogP contribution is 2.19. The van der Waals surface area contributed by atoms with Crippen LogP contribution in [0.5, 0.6) is 0 Å². The normalized spacial score (nSPS) is 10.0. The predicted octanol–water partition coefficient (Wildman–Crippen LogP) is 3.52. The molecule has 0 aliphatic heterocycles. The van der Waals surface area contributed by atoms with Crippen molar-refractivity contribution in [2.24, 2.45) is 0 Å². The topological polar surface area (TPSA) is 55.4 Å². The first-order chi connectivity index (χ1) is 10.0. The molecule has 4 nitrogen and oxygen atoms in total. The molecule has 108 valence electrons. The SMILES string of the molecule is COC(=O)c1ccccc1NC(=O)c1ccc(Cl)c(F)c1. The molecule has 2 rings (SSSR count). The molecule has 0 aliphatic rings. The van der Waals surface area contributed by atoms with Crippen LogP contribution in [0.4, 0.5) is 10.1 Å². The Hall–Kier alpha value is -2.40. The quantitative estimate of drug-likeness (QED) is 0.883. The van der Waals surface area contributed by atoms with E-state index in [2.05, 4.69) is 10.1 Å². The Morgan fingerprint density at radius 1 is 1.19 bits per heavy atom. The van der Waals surface area contributed by atoms with Gasteiger partial charge in [-0.3, -0.25) is 4.79 Å². The van der Waals surface area contributed by atoms with E-state index in [9.17, 15) is 14.0 Å². The van der Waals surface area contributed by atoms with Crippen molar-refractivity contribution in [1.29, 1.82) is 0 Å². The number of halogens is 2. The Balaban J connectivity index is 2.27. The van der Waals surface area contributed by atoms with Crippen molar-refractivity contribution in [2.75, 3.05) is 12.4 Å². The number of hydrogen-bond donors (Lipinski definition) is 1. The number of anilines is 1. The summed E-state index contributed by atoms with van der Waals surface area (Å²) in [7, 11) is 1.25. The van der Waals surface area contributed by atoms with Crippen LogP contribution in [0.25, 0.3) is 0 Å². The number of para-hydroxylation sites is 1. The van der Waals surface area contributed by atoms with Gasteiger partial charge in [-0.25, -0.2) is 9.18 Å². The molecule has 0 spiro atoms. The zero-order chi connectivity index (χ0) is 15.4. The lowest BCUT2D eigenvalue weighted by Crippen LogP contribution is -2.15. The first-order valence-corrected chi connectivity index (χ1v) is 6.34. The summed E-state index contributed by atoms with van der Waals surface area (Å²) in [5.41, 5.74) is 0.587. The smallest absolute Gasteiger partial charge is 0.339 e. The third kappa shape index (κ3) is 3.38. The van der Waals surface area contributed by atoms with Gasteiger partial charge in [0.2, 0.25) is 0 Å². The van der Waals surface area contributed by atoms with Crippen LogP contribution in [0, 0.1) is 5.82 Å². The molecule has 0 aromatic heterocycles. The number of carbonyl (C=O) groups is 2. The fourth-order valence-corrected chi connectivity index (χ4v) is 1.83. The van der Waals surface area contributed by atoms with Crippen LogP contribution in [0.15, 0.2) is 42.5 Å². The summed E-state index contributed by atoms with van der Waals surface area (Å²) in [6, 6.07) is 10.1. The Kier molecular flexibility index (Phi) is 4.55. The van der Waals surface area contributed by atoms with E-state index >= 15 is 0 Å². The highest BCUT2D eigenvalue weighted by Gasteiger charge is 2.15. The Labute approximate surface area is 125 Å². The van der Waals surface area contributed by atoms with Gasteiger partial charge in [0.05, 0.1) is 23.4 Å². The fourth-order valence-electron chi connectivity index (χ4n) is 1.71. The lowest BCUT2D eigenvalue weighted by Gasteiger charge is -2.09. The lowest BCUT2D eigenvalue weighted by atomic mass is 10.1. The van der Waals surface area contributed by atoms with Crippen LogP contribution in [0.3, 0.4) is 0 Å². The summed E-state index contributed by atoms with van der Waals surface area (Å²) in [5.74, 6) is -1.82. The zero-order valence-corrected chi connectivity index (χ0v) is 11.8. The van der Waals surface area contributed by atoms with E-state index in [0.717, 1.165) is 6.07 Å². The van der Waals surface area contributed by atoms with Crippen LogP contribution >= 0.6 is 11.6 Å². The minimum atomic E-state index is -0.689. The molecule has 0 radical (unpaired) electrons. The van der Waals surface area contributed by atoms with Gasteiger partial charge in [-0.05, 0) is 30.3 Å². The van der Waals surface area contributed by atoms with Gasteiger partial charge in [-0.15, -0.1) is 0 Å². The van der Waals surface area contributed by atoms with Crippen LogP contribution in [0.1, 0.15) is 20.7 Å². The van der Waals surface area contributed by atoms with Gasteiger partial charge in [-0.1, -0.05) is 23.7 Å². The third-order valence-corrected chi connectivity index (χ3v) is 3.07. The van der Waals surface area contributed by atoms with Crippen LogP contribution < -0.4 is 5.32 Å². The van der Waals surface area contributed by atoms with Crippen molar-refractivity contribution in [3.63, 3.8) is 0 Å². The van der Waals surface area contributed by atoms with E-state index in [0.29, 0.717) is 0 Å². The number of rotatable bonds is 3. The average molecular weight is 308 g/mol. The number of methoxy groups -OCH3 is 1. The molecular formula is C15H11ClFNO3. The molecule has 0 saturated heterocycles. The number of ether oxygens (including phenoxy) is 1. The molecule has 0 heterocycles. The number of benzene rings is 2. The molecule has 0 unspecified atom stereocenters. The van der Waals surface area contributed by atoms with Gasteiger partial charge < -0.3 is 10.1 Å². The largest absolute Gasteiger partial charge is 0.465 e. The molecule has 0 fully saturated rings. The molecule has 1 amide bonds. The maximum Gasteiger partial charge on any atom is 0.339 e. The van der Waals surface area contributed by atoms with Gasteiger partial charge in [0.15, 0.2) is 0 Å². The number of nitrogens with one attached hydrogen (secondary N) is 1. The number of amides is 1. The number of carbonyl (C=O) groups excluding carboxylic acids is 2. The second-order valence-electron chi connectivity index (χ2n) is 4.12. The summed E-state index contributed by atoms with van der Waals surface area (Å²) in [5, 5.41) is 2.47. The molecular weight excluding hydrogens is 297 g/mol. The van der Waals surface area contributed by atoms with Crippen LogP contribution in [-0.2, 0) is 4.74 Å². The van der Waals surface area contributed by atoms with E-state index in [1.54, 1.807) is 18.2 Å². The second kappa shape index (κ2) is 6.37. The van der Waals surface area contributed by atoms with E-state index in [1.807, 2.05) is 0 Å². The van der Waals surface area contributed by atoms with Crippen molar-refractivity contribution in [3.8, 4) is 0 Å². The molecule has 0 aliphatic carbocycles. The standard InChI is InChI=1S/C15H11ClFNO3/c1-21-15(20)10-4-2-3-5-13(10)18-14(19)9-6-7-11(16)12(17)8-9/h2-8H,1H3,(H,18,19). The monoisotopic (exact) mass is 307 g/mol.